The molecule has 1 saturated heterocycles. The summed E-state index contributed by atoms with van der Waals surface area (Å²) in [6.07, 6.45) is 3.85. The number of nitrogens with zero attached hydrogens (tertiary/aromatic N) is 1. The van der Waals surface area contributed by atoms with Gasteiger partial charge < -0.3 is 4.90 Å². The molecule has 0 aromatic heterocycles. The van der Waals surface area contributed by atoms with Crippen molar-refractivity contribution in [2.24, 2.45) is 0 Å². The summed E-state index contributed by atoms with van der Waals surface area (Å²) >= 11 is 0. The van der Waals surface area contributed by atoms with Crippen LogP contribution in [0.1, 0.15) is 40.0 Å². The van der Waals surface area contributed by atoms with E-state index in [2.05, 4.69) is 32.3 Å². The van der Waals surface area contributed by atoms with Crippen LogP contribution in [0.25, 0.3) is 0 Å². The van der Waals surface area contributed by atoms with Crippen LogP contribution in [-0.4, -0.2) is 17.0 Å². The summed E-state index contributed by atoms with van der Waals surface area (Å²) in [7, 11) is 0. The monoisotopic (exact) mass is 153 g/mol. The topological polar surface area (TPSA) is 3.24 Å². The lowest BCUT2D eigenvalue weighted by atomic mass is 9.99. The number of hydrogen-bond acceptors (Lipinski definition) is 1. The van der Waals surface area contributed by atoms with Crippen LogP contribution in [0.4, 0.5) is 0 Å². The molecule has 1 aliphatic rings. The summed E-state index contributed by atoms with van der Waals surface area (Å²) < 4.78 is 0. The molecular formula is C10H19N. The minimum Gasteiger partial charge on any atom is -0.370 e. The van der Waals surface area contributed by atoms with E-state index in [0.717, 1.165) is 0 Å². The molecule has 1 heterocycles. The Labute approximate surface area is 70.1 Å². The highest BCUT2D eigenvalue weighted by Crippen LogP contribution is 2.26. The fourth-order valence-electron chi connectivity index (χ4n) is 2.06. The zero-order valence-electron chi connectivity index (χ0n) is 7.93. The Morgan fingerprint density at radius 3 is 2.55 bits per heavy atom. The molecule has 0 saturated carbocycles. The van der Waals surface area contributed by atoms with E-state index in [4.69, 9.17) is 0 Å². The molecule has 0 N–H and O–H groups in total. The molecule has 0 unspecified atom stereocenters. The molecule has 0 amide bonds. The summed E-state index contributed by atoms with van der Waals surface area (Å²) in [5, 5.41) is 0. The minimum absolute atomic E-state index is 0.623. The second-order valence-corrected chi connectivity index (χ2v) is 3.81. The molecule has 0 aromatic carbocycles. The first-order chi connectivity index (χ1) is 5.13. The van der Waals surface area contributed by atoms with E-state index in [1.165, 1.54) is 25.0 Å². The van der Waals surface area contributed by atoms with Gasteiger partial charge in [-0.25, -0.2) is 0 Å². The SMILES string of the molecule is C=C1CCC[C@H](C)N1C(C)C. The lowest BCUT2D eigenvalue weighted by Crippen LogP contribution is -2.40. The first-order valence-electron chi connectivity index (χ1n) is 4.59. The van der Waals surface area contributed by atoms with Gasteiger partial charge in [0.25, 0.3) is 0 Å². The maximum atomic E-state index is 4.09. The minimum atomic E-state index is 0.623. The molecule has 64 valence electrons. The highest BCUT2D eigenvalue weighted by atomic mass is 15.2. The molecule has 11 heavy (non-hydrogen) atoms. The summed E-state index contributed by atoms with van der Waals surface area (Å²) in [6, 6.07) is 1.33. The van der Waals surface area contributed by atoms with Crippen molar-refractivity contribution < 1.29 is 0 Å². The van der Waals surface area contributed by atoms with Gasteiger partial charge in [-0.3, -0.25) is 0 Å². The third kappa shape index (κ3) is 1.76. The molecule has 1 aliphatic heterocycles. The maximum Gasteiger partial charge on any atom is 0.0261 e. The first kappa shape index (κ1) is 8.63. The van der Waals surface area contributed by atoms with E-state index in [9.17, 15) is 0 Å². The third-order valence-corrected chi connectivity index (χ3v) is 2.48. The fourth-order valence-corrected chi connectivity index (χ4v) is 2.06. The van der Waals surface area contributed by atoms with E-state index < -0.39 is 0 Å². The molecule has 0 bridgehead atoms. The molecule has 1 fully saturated rings. The molecule has 1 heteroatoms. The molecule has 0 aliphatic carbocycles. The molecule has 1 atom stereocenters. The van der Waals surface area contributed by atoms with Gasteiger partial charge in [-0.15, -0.1) is 0 Å². The standard InChI is InChI=1S/C10H19N/c1-8(2)11-9(3)6-5-7-10(11)4/h8,10H,3,5-7H2,1-2,4H3/t10-/m0/s1. The number of piperidine rings is 1. The van der Waals surface area contributed by atoms with E-state index in [-0.39, 0.29) is 0 Å². The third-order valence-electron chi connectivity index (χ3n) is 2.48. The Balaban J connectivity index is 2.63. The van der Waals surface area contributed by atoms with Gasteiger partial charge in [0.15, 0.2) is 0 Å². The largest absolute Gasteiger partial charge is 0.370 e. The van der Waals surface area contributed by atoms with Gasteiger partial charge in [-0.2, -0.15) is 0 Å². The van der Waals surface area contributed by atoms with Gasteiger partial charge in [-0.05, 0) is 40.0 Å². The Kier molecular flexibility index (Phi) is 2.58. The van der Waals surface area contributed by atoms with Gasteiger partial charge in [0.2, 0.25) is 0 Å². The predicted octanol–water partition coefficient (Wildman–Crippen LogP) is 2.78. The lowest BCUT2D eigenvalue weighted by molar-refractivity contribution is 0.174. The van der Waals surface area contributed by atoms with Gasteiger partial charge in [0.1, 0.15) is 0 Å². The first-order valence-corrected chi connectivity index (χ1v) is 4.59. The Hall–Kier alpha value is -0.460. The number of hydrogen-bond donors (Lipinski definition) is 0. The lowest BCUT2D eigenvalue weighted by Gasteiger charge is -2.40. The van der Waals surface area contributed by atoms with Crippen LogP contribution in [0.3, 0.4) is 0 Å². The predicted molar refractivity (Wildman–Crippen MR) is 49.4 cm³/mol. The smallest absolute Gasteiger partial charge is 0.0261 e. The maximum absolute atomic E-state index is 4.09. The Morgan fingerprint density at radius 2 is 2.18 bits per heavy atom. The highest BCUT2D eigenvalue weighted by Gasteiger charge is 2.21. The normalized spacial score (nSPS) is 26.4. The highest BCUT2D eigenvalue weighted by molar-refractivity contribution is 5.01. The van der Waals surface area contributed by atoms with Crippen LogP contribution in [0, 0.1) is 0 Å². The Morgan fingerprint density at radius 1 is 1.55 bits per heavy atom. The molecule has 1 rings (SSSR count). The van der Waals surface area contributed by atoms with Crippen LogP contribution >= 0.6 is 0 Å². The van der Waals surface area contributed by atoms with Crippen LogP contribution in [0.2, 0.25) is 0 Å². The quantitative estimate of drug-likeness (QED) is 0.560. The number of allylic oxidation sites excluding steroid dienone is 1. The molecular weight excluding hydrogens is 134 g/mol. The Bertz CT molecular complexity index is 149. The van der Waals surface area contributed by atoms with Crippen LogP contribution in [0.15, 0.2) is 12.3 Å². The summed E-state index contributed by atoms with van der Waals surface area (Å²) in [4.78, 5) is 2.45. The zero-order chi connectivity index (χ0) is 8.43. The number of rotatable bonds is 1. The van der Waals surface area contributed by atoms with Crippen molar-refractivity contribution >= 4 is 0 Å². The summed E-state index contributed by atoms with van der Waals surface area (Å²) in [5.74, 6) is 0. The molecule has 0 spiro atoms. The van der Waals surface area contributed by atoms with Gasteiger partial charge in [-0.1, -0.05) is 6.58 Å². The van der Waals surface area contributed by atoms with E-state index in [1.54, 1.807) is 0 Å². The van der Waals surface area contributed by atoms with E-state index in [0.29, 0.717) is 12.1 Å². The average molecular weight is 153 g/mol. The second-order valence-electron chi connectivity index (χ2n) is 3.81. The van der Waals surface area contributed by atoms with Crippen molar-refractivity contribution in [3.05, 3.63) is 12.3 Å². The van der Waals surface area contributed by atoms with Crippen molar-refractivity contribution in [3.63, 3.8) is 0 Å². The van der Waals surface area contributed by atoms with Crippen molar-refractivity contribution in [2.45, 2.75) is 52.1 Å². The van der Waals surface area contributed by atoms with Crippen molar-refractivity contribution in [3.8, 4) is 0 Å². The van der Waals surface area contributed by atoms with Crippen molar-refractivity contribution in [1.29, 1.82) is 0 Å². The van der Waals surface area contributed by atoms with Gasteiger partial charge in [0.05, 0.1) is 0 Å². The van der Waals surface area contributed by atoms with Gasteiger partial charge in [0, 0.05) is 17.8 Å². The van der Waals surface area contributed by atoms with Gasteiger partial charge >= 0.3 is 0 Å². The molecule has 1 nitrogen and oxygen atoms in total. The molecule has 0 aromatic rings. The second kappa shape index (κ2) is 3.29. The summed E-state index contributed by atoms with van der Waals surface area (Å²) in [6.45, 7) is 10.9. The van der Waals surface area contributed by atoms with Crippen LogP contribution in [0.5, 0.6) is 0 Å². The van der Waals surface area contributed by atoms with Crippen molar-refractivity contribution in [1.82, 2.24) is 4.90 Å². The fraction of sp³-hybridized carbons (Fsp3) is 0.800. The van der Waals surface area contributed by atoms with Crippen LogP contribution < -0.4 is 0 Å². The van der Waals surface area contributed by atoms with Crippen LogP contribution in [-0.2, 0) is 0 Å². The molecule has 0 radical (unpaired) electrons. The van der Waals surface area contributed by atoms with E-state index in [1.807, 2.05) is 0 Å². The number of likely N-dealkylation sites (tertiary alicyclic amines) is 1. The summed E-state index contributed by atoms with van der Waals surface area (Å²) in [5.41, 5.74) is 1.33. The van der Waals surface area contributed by atoms with Crippen molar-refractivity contribution in [2.75, 3.05) is 0 Å². The zero-order valence-corrected chi connectivity index (χ0v) is 7.93. The van der Waals surface area contributed by atoms with E-state index >= 15 is 0 Å². The average Bonchev–Trinajstić information content (AvgIpc) is 1.85.